The standard InChI is InChI=1S/C22H27NO5S2/c1-6-27-21(25)18-14(5)19(22(26)28-7-2)30-20(18)23-17(24)12-15-8-10-16(11-9-15)29-13(3)4/h8-11,13H,6-7,12H2,1-5H3,(H,23,24). The van der Waals surface area contributed by atoms with Gasteiger partial charge in [0.05, 0.1) is 25.2 Å². The molecule has 0 fully saturated rings. The van der Waals surface area contributed by atoms with Gasteiger partial charge in [-0.2, -0.15) is 0 Å². The lowest BCUT2D eigenvalue weighted by molar-refractivity contribution is -0.115. The van der Waals surface area contributed by atoms with E-state index in [4.69, 9.17) is 9.47 Å². The van der Waals surface area contributed by atoms with Gasteiger partial charge in [-0.05, 0) is 44.0 Å². The Morgan fingerprint density at radius 2 is 1.63 bits per heavy atom. The lowest BCUT2D eigenvalue weighted by atomic mass is 10.1. The number of rotatable bonds is 9. The molecule has 0 aliphatic carbocycles. The zero-order valence-corrected chi connectivity index (χ0v) is 19.5. The van der Waals surface area contributed by atoms with Crippen molar-refractivity contribution in [2.75, 3.05) is 18.5 Å². The summed E-state index contributed by atoms with van der Waals surface area (Å²) < 4.78 is 10.2. The number of amides is 1. The zero-order chi connectivity index (χ0) is 22.3. The summed E-state index contributed by atoms with van der Waals surface area (Å²) in [7, 11) is 0. The SMILES string of the molecule is CCOC(=O)c1sc(NC(=O)Cc2ccc(SC(C)C)cc2)c(C(=O)OCC)c1C. The summed E-state index contributed by atoms with van der Waals surface area (Å²) in [5, 5.41) is 3.55. The number of benzene rings is 1. The molecule has 0 spiro atoms. The first-order valence-corrected chi connectivity index (χ1v) is 11.5. The fourth-order valence-corrected chi connectivity index (χ4v) is 4.70. The van der Waals surface area contributed by atoms with Crippen molar-refractivity contribution >= 4 is 45.9 Å². The van der Waals surface area contributed by atoms with Crippen molar-refractivity contribution < 1.29 is 23.9 Å². The van der Waals surface area contributed by atoms with Gasteiger partial charge in [0.1, 0.15) is 9.88 Å². The van der Waals surface area contributed by atoms with Crippen molar-refractivity contribution in [1.82, 2.24) is 0 Å². The van der Waals surface area contributed by atoms with Crippen LogP contribution in [0.3, 0.4) is 0 Å². The van der Waals surface area contributed by atoms with Crippen molar-refractivity contribution in [3.8, 4) is 0 Å². The van der Waals surface area contributed by atoms with Crippen molar-refractivity contribution in [1.29, 1.82) is 0 Å². The minimum atomic E-state index is -0.577. The summed E-state index contributed by atoms with van der Waals surface area (Å²) in [6.45, 7) is 9.72. The van der Waals surface area contributed by atoms with Crippen LogP contribution >= 0.6 is 23.1 Å². The number of carbonyl (C=O) groups is 3. The van der Waals surface area contributed by atoms with Crippen LogP contribution in [-0.2, 0) is 20.7 Å². The molecule has 162 valence electrons. The Morgan fingerprint density at radius 3 is 2.20 bits per heavy atom. The third-order valence-electron chi connectivity index (χ3n) is 4.00. The number of hydrogen-bond acceptors (Lipinski definition) is 7. The van der Waals surface area contributed by atoms with E-state index in [2.05, 4.69) is 19.2 Å². The lowest BCUT2D eigenvalue weighted by Gasteiger charge is -2.08. The van der Waals surface area contributed by atoms with Gasteiger partial charge in [-0.15, -0.1) is 23.1 Å². The summed E-state index contributed by atoms with van der Waals surface area (Å²) in [5.41, 5.74) is 1.50. The molecule has 1 aromatic carbocycles. The minimum Gasteiger partial charge on any atom is -0.462 e. The Kier molecular flexibility index (Phi) is 8.92. The second-order valence-corrected chi connectivity index (χ2v) is 9.41. The van der Waals surface area contributed by atoms with Crippen LogP contribution < -0.4 is 5.32 Å². The molecule has 0 saturated carbocycles. The summed E-state index contributed by atoms with van der Waals surface area (Å²) in [5.74, 6) is -1.38. The van der Waals surface area contributed by atoms with Gasteiger partial charge in [-0.25, -0.2) is 9.59 Å². The number of carbonyl (C=O) groups excluding carboxylic acids is 3. The Morgan fingerprint density at radius 1 is 1.03 bits per heavy atom. The first kappa shape index (κ1) is 24.0. The molecule has 1 amide bonds. The third-order valence-corrected chi connectivity index (χ3v) is 6.20. The van der Waals surface area contributed by atoms with E-state index in [0.29, 0.717) is 15.8 Å². The van der Waals surface area contributed by atoms with Crippen LogP contribution in [0.4, 0.5) is 5.00 Å². The molecule has 0 radical (unpaired) electrons. The maximum atomic E-state index is 12.6. The second-order valence-electron chi connectivity index (χ2n) is 6.74. The Hall–Kier alpha value is -2.32. The van der Waals surface area contributed by atoms with Crippen LogP contribution in [0.1, 0.15) is 58.9 Å². The fourth-order valence-electron chi connectivity index (χ4n) is 2.76. The number of hydrogen-bond donors (Lipinski definition) is 1. The van der Waals surface area contributed by atoms with Crippen LogP contribution in [0.15, 0.2) is 29.2 Å². The molecule has 0 bridgehead atoms. The molecule has 30 heavy (non-hydrogen) atoms. The van der Waals surface area contributed by atoms with Gasteiger partial charge in [-0.1, -0.05) is 26.0 Å². The average molecular weight is 450 g/mol. The number of thioether (sulfide) groups is 1. The van der Waals surface area contributed by atoms with E-state index in [1.165, 1.54) is 0 Å². The van der Waals surface area contributed by atoms with E-state index >= 15 is 0 Å². The van der Waals surface area contributed by atoms with Crippen molar-refractivity contribution in [3.63, 3.8) is 0 Å². The molecule has 0 atom stereocenters. The number of thiophene rings is 1. The molecule has 0 aliphatic rings. The van der Waals surface area contributed by atoms with Gasteiger partial charge in [0.2, 0.25) is 5.91 Å². The highest BCUT2D eigenvalue weighted by molar-refractivity contribution is 7.99. The molecule has 0 aliphatic heterocycles. The van der Waals surface area contributed by atoms with Crippen molar-refractivity contribution in [3.05, 3.63) is 45.8 Å². The van der Waals surface area contributed by atoms with Gasteiger partial charge >= 0.3 is 11.9 Å². The van der Waals surface area contributed by atoms with Gasteiger partial charge in [0.15, 0.2) is 0 Å². The molecule has 8 heteroatoms. The Bertz CT molecular complexity index is 903. The molecule has 1 heterocycles. The highest BCUT2D eigenvalue weighted by Crippen LogP contribution is 2.34. The number of anilines is 1. The van der Waals surface area contributed by atoms with E-state index in [-0.39, 0.29) is 36.0 Å². The number of nitrogens with one attached hydrogen (secondary N) is 1. The lowest BCUT2D eigenvalue weighted by Crippen LogP contribution is -2.16. The normalized spacial score (nSPS) is 10.7. The van der Waals surface area contributed by atoms with Crippen LogP contribution in [0, 0.1) is 6.92 Å². The van der Waals surface area contributed by atoms with Gasteiger partial charge < -0.3 is 14.8 Å². The first-order valence-electron chi connectivity index (χ1n) is 9.79. The summed E-state index contributed by atoms with van der Waals surface area (Å²) >= 11 is 2.78. The Balaban J connectivity index is 2.21. The monoisotopic (exact) mass is 449 g/mol. The number of ether oxygens (including phenoxy) is 2. The molecular weight excluding hydrogens is 422 g/mol. The van der Waals surface area contributed by atoms with Crippen LogP contribution in [-0.4, -0.2) is 36.3 Å². The van der Waals surface area contributed by atoms with Gasteiger partial charge in [0, 0.05) is 10.1 Å². The largest absolute Gasteiger partial charge is 0.462 e. The molecule has 6 nitrogen and oxygen atoms in total. The molecule has 2 rings (SSSR count). The zero-order valence-electron chi connectivity index (χ0n) is 17.9. The Labute approximate surface area is 185 Å². The van der Waals surface area contributed by atoms with E-state index in [1.807, 2.05) is 24.3 Å². The first-order chi connectivity index (χ1) is 14.3. The van der Waals surface area contributed by atoms with Gasteiger partial charge in [-0.3, -0.25) is 4.79 Å². The second kappa shape index (κ2) is 11.2. The molecule has 0 saturated heterocycles. The highest BCUT2D eigenvalue weighted by Gasteiger charge is 2.27. The molecule has 2 aromatic rings. The quantitative estimate of drug-likeness (QED) is 0.424. The molecule has 1 aromatic heterocycles. The highest BCUT2D eigenvalue weighted by atomic mass is 32.2. The minimum absolute atomic E-state index is 0.153. The van der Waals surface area contributed by atoms with Crippen LogP contribution in [0.5, 0.6) is 0 Å². The summed E-state index contributed by atoms with van der Waals surface area (Å²) in [4.78, 5) is 38.7. The van der Waals surface area contributed by atoms with E-state index < -0.39 is 11.9 Å². The van der Waals surface area contributed by atoms with Crippen molar-refractivity contribution in [2.24, 2.45) is 0 Å². The average Bonchev–Trinajstić information content (AvgIpc) is 2.99. The van der Waals surface area contributed by atoms with Gasteiger partial charge in [0.25, 0.3) is 0 Å². The predicted octanol–water partition coefficient (Wildman–Crippen LogP) is 5.09. The molecular formula is C22H27NO5S2. The van der Waals surface area contributed by atoms with Crippen LogP contribution in [0.2, 0.25) is 0 Å². The predicted molar refractivity (Wildman–Crippen MR) is 121 cm³/mol. The molecule has 0 unspecified atom stereocenters. The number of esters is 2. The van der Waals surface area contributed by atoms with E-state index in [9.17, 15) is 14.4 Å². The third kappa shape index (κ3) is 6.34. The fraction of sp³-hybridized carbons (Fsp3) is 0.409. The van der Waals surface area contributed by atoms with Crippen LogP contribution in [0.25, 0.3) is 0 Å². The van der Waals surface area contributed by atoms with Crippen molar-refractivity contribution in [2.45, 2.75) is 51.2 Å². The maximum Gasteiger partial charge on any atom is 0.348 e. The topological polar surface area (TPSA) is 81.7 Å². The summed E-state index contributed by atoms with van der Waals surface area (Å²) in [6, 6.07) is 7.82. The molecule has 1 N–H and O–H groups in total. The maximum absolute atomic E-state index is 12.6. The summed E-state index contributed by atoms with van der Waals surface area (Å²) in [6.07, 6.45) is 0.153. The smallest absolute Gasteiger partial charge is 0.348 e. The van der Waals surface area contributed by atoms with E-state index in [0.717, 1.165) is 21.8 Å². The van der Waals surface area contributed by atoms with E-state index in [1.54, 1.807) is 32.5 Å².